The van der Waals surface area contributed by atoms with Gasteiger partial charge in [-0.05, 0) is 35.5 Å². The van der Waals surface area contributed by atoms with Crippen LogP contribution in [0.25, 0.3) is 0 Å². The Hall–Kier alpha value is -2.76. The molecule has 2 N–H and O–H groups in total. The second-order valence-corrected chi connectivity index (χ2v) is 6.36. The predicted molar refractivity (Wildman–Crippen MR) is 108 cm³/mol. The first-order chi connectivity index (χ1) is 12.6. The second-order valence-electron chi connectivity index (χ2n) is 5.57. The van der Waals surface area contributed by atoms with Gasteiger partial charge in [0.2, 0.25) is 5.91 Å². The summed E-state index contributed by atoms with van der Waals surface area (Å²) in [5.41, 5.74) is 2.44. The third-order valence-corrected chi connectivity index (χ3v) is 4.18. The van der Waals surface area contributed by atoms with Gasteiger partial charge in [0.1, 0.15) is 5.15 Å². The van der Waals surface area contributed by atoms with Crippen LogP contribution >= 0.6 is 23.8 Å². The molecule has 0 unspecified atom stereocenters. The average molecular weight is 382 g/mol. The van der Waals surface area contributed by atoms with Crippen molar-refractivity contribution < 1.29 is 4.79 Å². The van der Waals surface area contributed by atoms with Crippen molar-refractivity contribution in [2.24, 2.45) is 0 Å². The standard InChI is InChI=1S/C20H16ClN3OS/c21-17-12-11-16(13-22-17)23-20(26)24-19(25)18(14-7-3-1-4-8-14)15-9-5-2-6-10-15/h1-13,18H,(H2,23,24,25,26). The molecule has 4 nitrogen and oxygen atoms in total. The van der Waals surface area contributed by atoms with Gasteiger partial charge in [0.05, 0.1) is 17.8 Å². The zero-order valence-corrected chi connectivity index (χ0v) is 15.3. The van der Waals surface area contributed by atoms with E-state index in [1.165, 1.54) is 0 Å². The van der Waals surface area contributed by atoms with Gasteiger partial charge in [-0.25, -0.2) is 4.98 Å². The molecule has 3 rings (SSSR count). The number of hydrogen-bond donors (Lipinski definition) is 2. The number of thiocarbonyl (C=S) groups is 1. The summed E-state index contributed by atoms with van der Waals surface area (Å²) in [6.45, 7) is 0. The predicted octanol–water partition coefficient (Wildman–Crippen LogP) is 4.38. The molecule has 0 fully saturated rings. The van der Waals surface area contributed by atoms with Crippen molar-refractivity contribution in [1.82, 2.24) is 10.3 Å². The van der Waals surface area contributed by atoms with Gasteiger partial charge in [-0.1, -0.05) is 72.3 Å². The van der Waals surface area contributed by atoms with E-state index in [9.17, 15) is 4.79 Å². The molecule has 0 saturated heterocycles. The smallest absolute Gasteiger partial charge is 0.238 e. The third kappa shape index (κ3) is 4.65. The van der Waals surface area contributed by atoms with Crippen molar-refractivity contribution in [1.29, 1.82) is 0 Å². The lowest BCUT2D eigenvalue weighted by atomic mass is 9.90. The van der Waals surface area contributed by atoms with Crippen LogP contribution in [0, 0.1) is 0 Å². The van der Waals surface area contributed by atoms with Gasteiger partial charge in [0.15, 0.2) is 5.11 Å². The van der Waals surface area contributed by atoms with E-state index in [1.54, 1.807) is 18.3 Å². The monoisotopic (exact) mass is 381 g/mol. The fourth-order valence-corrected chi connectivity index (χ4v) is 2.91. The van der Waals surface area contributed by atoms with Crippen LogP contribution in [0.2, 0.25) is 5.15 Å². The first-order valence-corrected chi connectivity index (χ1v) is 8.75. The van der Waals surface area contributed by atoms with E-state index < -0.39 is 5.92 Å². The molecule has 1 amide bonds. The lowest BCUT2D eigenvalue weighted by Crippen LogP contribution is -2.37. The Bertz CT molecular complexity index is 846. The highest BCUT2D eigenvalue weighted by atomic mass is 35.5. The summed E-state index contributed by atoms with van der Waals surface area (Å²) in [4.78, 5) is 16.9. The Morgan fingerprint density at radius 3 is 2.00 bits per heavy atom. The molecule has 0 aliphatic heterocycles. The summed E-state index contributed by atoms with van der Waals surface area (Å²) in [7, 11) is 0. The fraction of sp³-hybridized carbons (Fsp3) is 0.0500. The molecule has 3 aromatic rings. The Balaban J connectivity index is 1.77. The van der Waals surface area contributed by atoms with Crippen molar-refractivity contribution >= 4 is 40.5 Å². The van der Waals surface area contributed by atoms with E-state index in [2.05, 4.69) is 15.6 Å². The number of nitrogens with zero attached hydrogens (tertiary/aromatic N) is 1. The van der Waals surface area contributed by atoms with Crippen LogP contribution in [0.5, 0.6) is 0 Å². The number of carbonyl (C=O) groups is 1. The van der Waals surface area contributed by atoms with Gasteiger partial charge < -0.3 is 10.6 Å². The number of halogens is 1. The minimum atomic E-state index is -0.458. The molecule has 0 aliphatic rings. The molecule has 0 spiro atoms. The molecule has 0 saturated carbocycles. The Labute approximate surface area is 162 Å². The van der Waals surface area contributed by atoms with E-state index in [4.69, 9.17) is 23.8 Å². The van der Waals surface area contributed by atoms with Gasteiger partial charge in [-0.15, -0.1) is 0 Å². The lowest BCUT2D eigenvalue weighted by molar-refractivity contribution is -0.120. The summed E-state index contributed by atoms with van der Waals surface area (Å²) in [5, 5.41) is 6.29. The number of nitrogens with one attached hydrogen (secondary N) is 2. The van der Waals surface area contributed by atoms with Crippen molar-refractivity contribution in [3.8, 4) is 0 Å². The molecule has 0 aliphatic carbocycles. The molecule has 130 valence electrons. The quantitative estimate of drug-likeness (QED) is 0.520. The highest BCUT2D eigenvalue weighted by Gasteiger charge is 2.23. The Morgan fingerprint density at radius 2 is 1.50 bits per heavy atom. The molecular formula is C20H16ClN3OS. The second kappa shape index (κ2) is 8.56. The van der Waals surface area contributed by atoms with E-state index in [-0.39, 0.29) is 11.0 Å². The van der Waals surface area contributed by atoms with Crippen molar-refractivity contribution in [3.63, 3.8) is 0 Å². The number of hydrogen-bond acceptors (Lipinski definition) is 3. The normalized spacial score (nSPS) is 10.4. The van der Waals surface area contributed by atoms with Crippen molar-refractivity contribution in [2.75, 3.05) is 5.32 Å². The van der Waals surface area contributed by atoms with Crippen LogP contribution in [0.15, 0.2) is 79.0 Å². The largest absolute Gasteiger partial charge is 0.331 e. The Morgan fingerprint density at radius 1 is 0.923 bits per heavy atom. The van der Waals surface area contributed by atoms with E-state index in [1.807, 2.05) is 60.7 Å². The Kier molecular flexibility index (Phi) is 5.94. The summed E-state index contributed by atoms with van der Waals surface area (Å²) in [5.74, 6) is -0.665. The minimum Gasteiger partial charge on any atom is -0.331 e. The van der Waals surface area contributed by atoms with Crippen molar-refractivity contribution in [3.05, 3.63) is 95.3 Å². The third-order valence-electron chi connectivity index (χ3n) is 3.75. The van der Waals surface area contributed by atoms with Crippen LogP contribution in [-0.4, -0.2) is 16.0 Å². The maximum atomic E-state index is 12.9. The fourth-order valence-electron chi connectivity index (χ4n) is 2.58. The lowest BCUT2D eigenvalue weighted by Gasteiger charge is -2.18. The first-order valence-electron chi connectivity index (χ1n) is 7.97. The van der Waals surface area contributed by atoms with E-state index >= 15 is 0 Å². The molecule has 1 aromatic heterocycles. The minimum absolute atomic E-state index is 0.205. The first kappa shape index (κ1) is 18.0. The number of rotatable bonds is 4. The van der Waals surface area contributed by atoms with Gasteiger partial charge in [-0.2, -0.15) is 0 Å². The molecule has 1 heterocycles. The number of anilines is 1. The van der Waals surface area contributed by atoms with Crippen molar-refractivity contribution in [2.45, 2.75) is 5.92 Å². The van der Waals surface area contributed by atoms with Crippen LogP contribution in [0.3, 0.4) is 0 Å². The molecule has 0 bridgehead atoms. The number of benzene rings is 2. The van der Waals surface area contributed by atoms with Gasteiger partial charge in [0.25, 0.3) is 0 Å². The highest BCUT2D eigenvalue weighted by Crippen LogP contribution is 2.24. The molecular weight excluding hydrogens is 366 g/mol. The number of aromatic nitrogens is 1. The van der Waals surface area contributed by atoms with Gasteiger partial charge >= 0.3 is 0 Å². The zero-order valence-electron chi connectivity index (χ0n) is 13.7. The van der Waals surface area contributed by atoms with Crippen LogP contribution in [0.1, 0.15) is 17.0 Å². The SMILES string of the molecule is O=C(NC(=S)Nc1ccc(Cl)nc1)C(c1ccccc1)c1ccccc1. The maximum Gasteiger partial charge on any atom is 0.238 e. The van der Waals surface area contributed by atoms with Crippen LogP contribution in [-0.2, 0) is 4.79 Å². The number of amides is 1. The maximum absolute atomic E-state index is 12.9. The number of carbonyl (C=O) groups excluding carboxylic acids is 1. The summed E-state index contributed by atoms with van der Waals surface area (Å²) in [6.07, 6.45) is 1.55. The zero-order chi connectivity index (χ0) is 18.4. The molecule has 0 radical (unpaired) electrons. The van der Waals surface area contributed by atoms with Gasteiger partial charge in [-0.3, -0.25) is 4.79 Å². The van der Waals surface area contributed by atoms with Crippen LogP contribution < -0.4 is 10.6 Å². The highest BCUT2D eigenvalue weighted by molar-refractivity contribution is 7.80. The molecule has 6 heteroatoms. The van der Waals surface area contributed by atoms with E-state index in [0.717, 1.165) is 11.1 Å². The summed E-state index contributed by atoms with van der Waals surface area (Å²) >= 11 is 11.0. The summed E-state index contributed by atoms with van der Waals surface area (Å²) < 4.78 is 0. The van der Waals surface area contributed by atoms with E-state index in [0.29, 0.717) is 10.8 Å². The number of pyridine rings is 1. The molecule has 0 atom stereocenters. The molecule has 26 heavy (non-hydrogen) atoms. The van der Waals surface area contributed by atoms with Crippen LogP contribution in [0.4, 0.5) is 5.69 Å². The van der Waals surface area contributed by atoms with Gasteiger partial charge in [0, 0.05) is 0 Å². The topological polar surface area (TPSA) is 54.0 Å². The average Bonchev–Trinajstić information content (AvgIpc) is 2.65. The summed E-state index contributed by atoms with van der Waals surface area (Å²) in [6, 6.07) is 22.6. The molecule has 2 aromatic carbocycles.